The topological polar surface area (TPSA) is 71.7 Å². The highest BCUT2D eigenvalue weighted by molar-refractivity contribution is 6.37. The molecule has 1 aromatic heterocycles. The lowest BCUT2D eigenvalue weighted by atomic mass is 10.1. The zero-order valence-corrected chi connectivity index (χ0v) is 15.5. The average Bonchev–Trinajstić information content (AvgIpc) is 3.01. The van der Waals surface area contributed by atoms with Gasteiger partial charge in [0.1, 0.15) is 5.56 Å². The van der Waals surface area contributed by atoms with E-state index in [-0.39, 0.29) is 5.91 Å². The van der Waals surface area contributed by atoms with E-state index in [2.05, 4.69) is 15.1 Å². The fourth-order valence-electron chi connectivity index (χ4n) is 2.79. The lowest BCUT2D eigenvalue weighted by Gasteiger charge is -2.34. The number of ether oxygens (including phenoxy) is 1. The average molecular weight is 385 g/mol. The second kappa shape index (κ2) is 7.59. The van der Waals surface area contributed by atoms with Gasteiger partial charge in [-0.05, 0) is 12.1 Å². The van der Waals surface area contributed by atoms with Crippen LogP contribution >= 0.6 is 23.2 Å². The molecule has 2 heterocycles. The number of nitrogens with zero attached hydrogens (tertiary/aromatic N) is 4. The number of carbonyl (C=O) groups excluding carboxylic acids is 1. The summed E-state index contributed by atoms with van der Waals surface area (Å²) in [6, 6.07) is 3.22. The Balaban J connectivity index is 1.67. The number of amides is 1. The summed E-state index contributed by atoms with van der Waals surface area (Å²) in [7, 11) is 1.47. The summed E-state index contributed by atoms with van der Waals surface area (Å²) < 4.78 is 10.7. The van der Waals surface area contributed by atoms with E-state index in [0.29, 0.717) is 65.9 Å². The number of carbonyl (C=O) groups is 1. The van der Waals surface area contributed by atoms with E-state index in [0.717, 1.165) is 0 Å². The van der Waals surface area contributed by atoms with Gasteiger partial charge in [0.2, 0.25) is 11.8 Å². The molecule has 2 aromatic rings. The lowest BCUT2D eigenvalue weighted by molar-refractivity contribution is 0.0615. The molecule has 1 aliphatic heterocycles. The monoisotopic (exact) mass is 384 g/mol. The first kappa shape index (κ1) is 18.0. The van der Waals surface area contributed by atoms with E-state index in [1.807, 2.05) is 0 Å². The van der Waals surface area contributed by atoms with Crippen LogP contribution in [0.1, 0.15) is 22.1 Å². The van der Waals surface area contributed by atoms with Crippen LogP contribution in [0.25, 0.3) is 0 Å². The van der Waals surface area contributed by atoms with Crippen molar-refractivity contribution in [2.24, 2.45) is 0 Å². The van der Waals surface area contributed by atoms with Gasteiger partial charge in [0.15, 0.2) is 5.75 Å². The number of hydrogen-bond donors (Lipinski definition) is 0. The molecule has 25 heavy (non-hydrogen) atoms. The summed E-state index contributed by atoms with van der Waals surface area (Å²) in [5.41, 5.74) is 0.303. The number of rotatable bonds is 4. The van der Waals surface area contributed by atoms with Gasteiger partial charge >= 0.3 is 0 Å². The molecule has 0 saturated carbocycles. The number of methoxy groups -OCH3 is 1. The minimum absolute atomic E-state index is 0.183. The normalized spacial score (nSPS) is 15.4. The van der Waals surface area contributed by atoms with Crippen LogP contribution in [0.4, 0.5) is 0 Å². The predicted molar refractivity (Wildman–Crippen MR) is 93.2 cm³/mol. The Morgan fingerprint density at radius 1 is 1.20 bits per heavy atom. The van der Waals surface area contributed by atoms with Gasteiger partial charge in [-0.1, -0.05) is 23.2 Å². The molecule has 0 aliphatic carbocycles. The molecule has 0 atom stereocenters. The third-order valence-corrected chi connectivity index (χ3v) is 4.68. The number of hydrogen-bond acceptors (Lipinski definition) is 6. The lowest BCUT2D eigenvalue weighted by Crippen LogP contribution is -2.48. The minimum Gasteiger partial charge on any atom is -0.494 e. The van der Waals surface area contributed by atoms with Crippen LogP contribution < -0.4 is 4.74 Å². The highest BCUT2D eigenvalue weighted by Crippen LogP contribution is 2.34. The first-order valence-electron chi connectivity index (χ1n) is 7.82. The number of aromatic nitrogens is 2. The zero-order chi connectivity index (χ0) is 18.0. The van der Waals surface area contributed by atoms with E-state index < -0.39 is 0 Å². The molecule has 1 aromatic carbocycles. The summed E-state index contributed by atoms with van der Waals surface area (Å²) in [5.74, 6) is 1.25. The van der Waals surface area contributed by atoms with E-state index in [9.17, 15) is 4.79 Å². The number of benzene rings is 1. The van der Waals surface area contributed by atoms with Crippen LogP contribution in [0, 0.1) is 6.92 Å². The molecule has 0 unspecified atom stereocenters. The highest BCUT2D eigenvalue weighted by Gasteiger charge is 2.27. The maximum Gasteiger partial charge on any atom is 0.259 e. The second-order valence-electron chi connectivity index (χ2n) is 5.72. The van der Waals surface area contributed by atoms with Gasteiger partial charge in [-0.25, -0.2) is 0 Å². The van der Waals surface area contributed by atoms with Gasteiger partial charge in [-0.3, -0.25) is 9.69 Å². The van der Waals surface area contributed by atoms with Crippen molar-refractivity contribution in [1.29, 1.82) is 0 Å². The Labute approximate surface area is 155 Å². The van der Waals surface area contributed by atoms with Crippen LogP contribution in [0.3, 0.4) is 0 Å². The number of aryl methyl sites for hydroxylation is 1. The molecule has 0 radical (unpaired) electrons. The molecule has 0 spiro atoms. The molecule has 1 saturated heterocycles. The maximum absolute atomic E-state index is 12.9. The van der Waals surface area contributed by atoms with E-state index in [4.69, 9.17) is 32.4 Å². The van der Waals surface area contributed by atoms with E-state index in [1.165, 1.54) is 7.11 Å². The molecule has 7 nitrogen and oxygen atoms in total. The Morgan fingerprint density at radius 2 is 1.88 bits per heavy atom. The molecule has 134 valence electrons. The van der Waals surface area contributed by atoms with Gasteiger partial charge in [-0.15, -0.1) is 10.2 Å². The SMILES string of the molecule is COc1c(Cl)ccc(Cl)c1C(=O)N1CCN(Cc2nnc(C)o2)CC1. The summed E-state index contributed by atoms with van der Waals surface area (Å²) in [6.07, 6.45) is 0. The molecule has 3 rings (SSSR count). The quantitative estimate of drug-likeness (QED) is 0.806. The highest BCUT2D eigenvalue weighted by atomic mass is 35.5. The third kappa shape index (κ3) is 3.89. The molecule has 1 fully saturated rings. The van der Waals surface area contributed by atoms with Crippen LogP contribution in [0.5, 0.6) is 5.75 Å². The maximum atomic E-state index is 12.9. The molecular weight excluding hydrogens is 367 g/mol. The van der Waals surface area contributed by atoms with Crippen molar-refractivity contribution in [2.45, 2.75) is 13.5 Å². The Kier molecular flexibility index (Phi) is 5.46. The largest absolute Gasteiger partial charge is 0.494 e. The molecule has 0 bridgehead atoms. The minimum atomic E-state index is -0.183. The van der Waals surface area contributed by atoms with Crippen LogP contribution in [-0.2, 0) is 6.54 Å². The van der Waals surface area contributed by atoms with Crippen LogP contribution in [0.15, 0.2) is 16.5 Å². The zero-order valence-electron chi connectivity index (χ0n) is 14.0. The number of halogens is 2. The Hall–Kier alpha value is -1.83. The smallest absolute Gasteiger partial charge is 0.259 e. The Bertz CT molecular complexity index is 773. The van der Waals surface area contributed by atoms with Gasteiger partial charge in [0.05, 0.1) is 23.7 Å². The van der Waals surface area contributed by atoms with Crippen molar-refractivity contribution in [1.82, 2.24) is 20.0 Å². The molecule has 1 amide bonds. The van der Waals surface area contributed by atoms with Gasteiger partial charge in [0.25, 0.3) is 5.91 Å². The van der Waals surface area contributed by atoms with E-state index >= 15 is 0 Å². The van der Waals surface area contributed by atoms with Crippen molar-refractivity contribution in [2.75, 3.05) is 33.3 Å². The first-order valence-corrected chi connectivity index (χ1v) is 8.57. The van der Waals surface area contributed by atoms with Crippen molar-refractivity contribution in [3.8, 4) is 5.75 Å². The first-order chi connectivity index (χ1) is 12.0. The summed E-state index contributed by atoms with van der Waals surface area (Å²) in [5, 5.41) is 8.51. The third-order valence-electron chi connectivity index (χ3n) is 4.06. The summed E-state index contributed by atoms with van der Waals surface area (Å²) >= 11 is 12.3. The number of piperazine rings is 1. The summed E-state index contributed by atoms with van der Waals surface area (Å²) in [6.45, 7) is 4.87. The second-order valence-corrected chi connectivity index (χ2v) is 6.54. The van der Waals surface area contributed by atoms with Crippen molar-refractivity contribution in [3.63, 3.8) is 0 Å². The fraction of sp³-hybridized carbons (Fsp3) is 0.438. The molecule has 0 N–H and O–H groups in total. The van der Waals surface area contributed by atoms with Crippen LogP contribution in [-0.4, -0.2) is 59.2 Å². The van der Waals surface area contributed by atoms with Gasteiger partial charge in [0, 0.05) is 33.1 Å². The molecule has 9 heteroatoms. The van der Waals surface area contributed by atoms with Crippen molar-refractivity contribution < 1.29 is 13.9 Å². The predicted octanol–water partition coefficient (Wildman–Crippen LogP) is 2.65. The standard InChI is InChI=1S/C16H18Cl2N4O3/c1-10-19-20-13(25-10)9-21-5-7-22(8-6-21)16(23)14-11(17)3-4-12(18)15(14)24-2/h3-4H,5-9H2,1-2H3. The van der Waals surface area contributed by atoms with Crippen molar-refractivity contribution >= 4 is 29.1 Å². The summed E-state index contributed by atoms with van der Waals surface area (Å²) in [4.78, 5) is 16.8. The van der Waals surface area contributed by atoms with Gasteiger partial charge in [-0.2, -0.15) is 0 Å². The van der Waals surface area contributed by atoms with Gasteiger partial charge < -0.3 is 14.1 Å². The van der Waals surface area contributed by atoms with Crippen molar-refractivity contribution in [3.05, 3.63) is 39.5 Å². The fourth-order valence-corrected chi connectivity index (χ4v) is 3.26. The Morgan fingerprint density at radius 3 is 2.48 bits per heavy atom. The molecule has 1 aliphatic rings. The van der Waals surface area contributed by atoms with E-state index in [1.54, 1.807) is 24.0 Å². The molecular formula is C16H18Cl2N4O3. The van der Waals surface area contributed by atoms with Crippen LogP contribution in [0.2, 0.25) is 10.0 Å².